The van der Waals surface area contributed by atoms with E-state index in [1.807, 2.05) is 16.7 Å². The van der Waals surface area contributed by atoms with Crippen molar-refractivity contribution in [3.8, 4) is 28.1 Å². The minimum atomic E-state index is -0.314. The molecule has 4 rings (SSSR count). The number of pyridine rings is 1. The van der Waals surface area contributed by atoms with Crippen molar-refractivity contribution in [1.82, 2.24) is 9.38 Å². The van der Waals surface area contributed by atoms with E-state index in [0.717, 1.165) is 22.4 Å². The number of carbonyl (C=O) groups is 1. The van der Waals surface area contributed by atoms with Crippen molar-refractivity contribution >= 4 is 17.7 Å². The van der Waals surface area contributed by atoms with Gasteiger partial charge >= 0.3 is 0 Å². The maximum atomic E-state index is 13.2. The van der Waals surface area contributed by atoms with Crippen LogP contribution in [0.25, 0.3) is 28.0 Å². The number of aromatic nitrogens is 2. The topological polar surface area (TPSA) is 66.6 Å². The van der Waals surface area contributed by atoms with Gasteiger partial charge in [-0.25, -0.2) is 9.37 Å². The Morgan fingerprint density at radius 1 is 1.04 bits per heavy atom. The van der Waals surface area contributed by atoms with Crippen molar-refractivity contribution in [3.05, 3.63) is 72.8 Å². The zero-order chi connectivity index (χ0) is 18.1. The molecule has 2 aromatic heterocycles. The molecule has 1 amide bonds. The summed E-state index contributed by atoms with van der Waals surface area (Å²) in [5, 5.41) is 12.4. The molecule has 6 heteroatoms. The molecule has 0 saturated heterocycles. The summed E-state index contributed by atoms with van der Waals surface area (Å²) in [6.07, 6.45) is 4.13. The molecular formula is C20H14FN3O2. The fraction of sp³-hybridized carbons (Fsp3) is 0. The summed E-state index contributed by atoms with van der Waals surface area (Å²) in [6, 6.07) is 14.8. The Balaban J connectivity index is 1.96. The highest BCUT2D eigenvalue weighted by molar-refractivity contribution is 5.86. The van der Waals surface area contributed by atoms with Crippen LogP contribution in [-0.4, -0.2) is 20.9 Å². The van der Waals surface area contributed by atoms with E-state index in [2.05, 4.69) is 10.3 Å². The highest BCUT2D eigenvalue weighted by Gasteiger charge is 2.12. The molecule has 0 aliphatic heterocycles. The zero-order valence-corrected chi connectivity index (χ0v) is 13.6. The molecular weight excluding hydrogens is 333 g/mol. The molecule has 0 radical (unpaired) electrons. The standard InChI is InChI=1S/C20H14FN3O2/c21-16-6-4-13(5-7-16)19-10-22-20-18(23-12-25)9-15(11-24(19)20)14-2-1-3-17(26)8-14/h1-12,26H,(H,23,25). The van der Waals surface area contributed by atoms with E-state index in [1.165, 1.54) is 12.1 Å². The Kier molecular flexibility index (Phi) is 3.85. The molecule has 0 unspecified atom stereocenters. The van der Waals surface area contributed by atoms with Crippen LogP contribution in [0.4, 0.5) is 10.1 Å². The number of amides is 1. The Hall–Kier alpha value is -3.67. The number of imidazole rings is 1. The second kappa shape index (κ2) is 6.33. The van der Waals surface area contributed by atoms with Crippen LogP contribution in [0.1, 0.15) is 0 Å². The van der Waals surface area contributed by atoms with E-state index >= 15 is 0 Å². The molecule has 0 atom stereocenters. The number of halogens is 1. The summed E-state index contributed by atoms with van der Waals surface area (Å²) in [7, 11) is 0. The van der Waals surface area contributed by atoms with Gasteiger partial charge in [0, 0.05) is 17.3 Å². The third-order valence-electron chi connectivity index (χ3n) is 4.14. The molecule has 2 N–H and O–H groups in total. The Bertz CT molecular complexity index is 1100. The van der Waals surface area contributed by atoms with Crippen molar-refractivity contribution in [1.29, 1.82) is 0 Å². The fourth-order valence-corrected chi connectivity index (χ4v) is 2.93. The van der Waals surface area contributed by atoms with Gasteiger partial charge in [0.1, 0.15) is 11.6 Å². The summed E-state index contributed by atoms with van der Waals surface area (Å²) >= 11 is 0. The van der Waals surface area contributed by atoms with Crippen LogP contribution >= 0.6 is 0 Å². The molecule has 0 fully saturated rings. The molecule has 26 heavy (non-hydrogen) atoms. The van der Waals surface area contributed by atoms with Gasteiger partial charge in [-0.2, -0.15) is 0 Å². The summed E-state index contributed by atoms with van der Waals surface area (Å²) in [4.78, 5) is 15.4. The van der Waals surface area contributed by atoms with Gasteiger partial charge in [-0.05, 0) is 48.0 Å². The number of fused-ring (bicyclic) bond motifs is 1. The van der Waals surface area contributed by atoms with Gasteiger partial charge < -0.3 is 10.4 Å². The molecule has 5 nitrogen and oxygen atoms in total. The first-order valence-corrected chi connectivity index (χ1v) is 7.92. The SMILES string of the molecule is O=CNc1cc(-c2cccc(O)c2)cn2c(-c3ccc(F)cc3)cnc12. The predicted molar refractivity (Wildman–Crippen MR) is 97.4 cm³/mol. The van der Waals surface area contributed by atoms with Crippen molar-refractivity contribution in [2.75, 3.05) is 5.32 Å². The van der Waals surface area contributed by atoms with E-state index in [1.54, 1.807) is 42.6 Å². The predicted octanol–water partition coefficient (Wildman–Crippen LogP) is 4.08. The maximum absolute atomic E-state index is 13.2. The number of anilines is 1. The molecule has 0 saturated carbocycles. The molecule has 0 spiro atoms. The zero-order valence-electron chi connectivity index (χ0n) is 13.6. The molecule has 4 aromatic rings. The van der Waals surface area contributed by atoms with Crippen molar-refractivity contribution < 1.29 is 14.3 Å². The van der Waals surface area contributed by atoms with Crippen LogP contribution in [0.2, 0.25) is 0 Å². The quantitative estimate of drug-likeness (QED) is 0.547. The lowest BCUT2D eigenvalue weighted by Crippen LogP contribution is -1.99. The summed E-state index contributed by atoms with van der Waals surface area (Å²) in [5.74, 6) is -0.164. The number of nitrogens with one attached hydrogen (secondary N) is 1. The number of rotatable bonds is 4. The van der Waals surface area contributed by atoms with Gasteiger partial charge in [-0.3, -0.25) is 9.20 Å². The van der Waals surface area contributed by atoms with E-state index in [-0.39, 0.29) is 11.6 Å². The summed E-state index contributed by atoms with van der Waals surface area (Å²) < 4.78 is 15.1. The highest BCUT2D eigenvalue weighted by Crippen LogP contribution is 2.31. The maximum Gasteiger partial charge on any atom is 0.211 e. The molecule has 0 bridgehead atoms. The van der Waals surface area contributed by atoms with E-state index in [4.69, 9.17) is 0 Å². The highest BCUT2D eigenvalue weighted by atomic mass is 19.1. The Morgan fingerprint density at radius 2 is 1.85 bits per heavy atom. The second-order valence-electron chi connectivity index (χ2n) is 5.80. The molecule has 2 heterocycles. The van der Waals surface area contributed by atoms with Crippen molar-refractivity contribution in [2.45, 2.75) is 0 Å². The minimum absolute atomic E-state index is 0.150. The van der Waals surface area contributed by atoms with Crippen molar-refractivity contribution in [3.63, 3.8) is 0 Å². The van der Waals surface area contributed by atoms with Crippen LogP contribution in [0.15, 0.2) is 67.0 Å². The van der Waals surface area contributed by atoms with Gasteiger partial charge in [0.15, 0.2) is 5.65 Å². The first-order chi connectivity index (χ1) is 12.7. The summed E-state index contributed by atoms with van der Waals surface area (Å²) in [6.45, 7) is 0. The van der Waals surface area contributed by atoms with Gasteiger partial charge in [-0.1, -0.05) is 12.1 Å². The van der Waals surface area contributed by atoms with E-state index in [0.29, 0.717) is 17.7 Å². The van der Waals surface area contributed by atoms with E-state index < -0.39 is 0 Å². The average molecular weight is 347 g/mol. The van der Waals surface area contributed by atoms with Crippen LogP contribution in [0.5, 0.6) is 5.75 Å². The smallest absolute Gasteiger partial charge is 0.211 e. The van der Waals surface area contributed by atoms with Crippen LogP contribution in [-0.2, 0) is 4.79 Å². The second-order valence-corrected chi connectivity index (χ2v) is 5.80. The normalized spacial score (nSPS) is 10.8. The number of phenolic OH excluding ortho intramolecular Hbond substituents is 1. The number of phenols is 1. The van der Waals surface area contributed by atoms with Gasteiger partial charge in [0.2, 0.25) is 6.41 Å². The number of hydrogen-bond acceptors (Lipinski definition) is 3. The van der Waals surface area contributed by atoms with Gasteiger partial charge in [-0.15, -0.1) is 0 Å². The van der Waals surface area contributed by atoms with Crippen LogP contribution in [0.3, 0.4) is 0 Å². The molecule has 0 aliphatic carbocycles. The number of benzene rings is 2. The average Bonchev–Trinajstić information content (AvgIpc) is 3.07. The molecule has 0 aliphatic rings. The first-order valence-electron chi connectivity index (χ1n) is 7.92. The number of carbonyl (C=O) groups excluding carboxylic acids is 1. The number of aromatic hydroxyl groups is 1. The lowest BCUT2D eigenvalue weighted by Gasteiger charge is -2.10. The largest absolute Gasteiger partial charge is 0.508 e. The van der Waals surface area contributed by atoms with Crippen molar-refractivity contribution in [2.24, 2.45) is 0 Å². The lowest BCUT2D eigenvalue weighted by atomic mass is 10.1. The Labute approximate surface area is 148 Å². The fourth-order valence-electron chi connectivity index (χ4n) is 2.93. The van der Waals surface area contributed by atoms with Gasteiger partial charge in [0.25, 0.3) is 0 Å². The summed E-state index contributed by atoms with van der Waals surface area (Å²) in [5.41, 5.74) is 4.24. The molecule has 2 aromatic carbocycles. The van der Waals surface area contributed by atoms with Gasteiger partial charge in [0.05, 0.1) is 17.6 Å². The lowest BCUT2D eigenvalue weighted by molar-refractivity contribution is -0.105. The van der Waals surface area contributed by atoms with Crippen LogP contribution in [0, 0.1) is 5.82 Å². The first kappa shape index (κ1) is 15.8. The van der Waals surface area contributed by atoms with E-state index in [9.17, 15) is 14.3 Å². The monoisotopic (exact) mass is 347 g/mol. The third-order valence-corrected chi connectivity index (χ3v) is 4.14. The Morgan fingerprint density at radius 3 is 2.58 bits per heavy atom. The third kappa shape index (κ3) is 2.77. The minimum Gasteiger partial charge on any atom is -0.508 e. The number of nitrogens with zero attached hydrogens (tertiary/aromatic N) is 2. The molecule has 128 valence electrons. The number of hydrogen-bond donors (Lipinski definition) is 2. The van der Waals surface area contributed by atoms with Crippen LogP contribution < -0.4 is 5.32 Å².